The molecule has 0 radical (unpaired) electrons. The number of hydrogen-bond acceptors (Lipinski definition) is 4. The van der Waals surface area contributed by atoms with Crippen molar-refractivity contribution in [3.63, 3.8) is 0 Å². The molecule has 1 aromatic heterocycles. The maximum Gasteiger partial charge on any atom is 0.256 e. The number of benzene rings is 1. The van der Waals surface area contributed by atoms with Crippen LogP contribution in [-0.4, -0.2) is 15.9 Å². The molecule has 0 saturated carbocycles. The molecule has 18 heavy (non-hydrogen) atoms. The quantitative estimate of drug-likeness (QED) is 0.504. The molecule has 2 rings (SSSR count). The summed E-state index contributed by atoms with van der Waals surface area (Å²) in [6, 6.07) is 7.89. The number of amides is 1. The maximum absolute atomic E-state index is 11.8. The number of carbonyl (C=O) groups is 1. The summed E-state index contributed by atoms with van der Waals surface area (Å²) in [6.45, 7) is 0. The highest BCUT2D eigenvalue weighted by molar-refractivity contribution is 6.32. The summed E-state index contributed by atoms with van der Waals surface area (Å²) in [6.07, 6.45) is 0. The second kappa shape index (κ2) is 5.20. The Balaban J connectivity index is 2.18. The Morgan fingerprint density at radius 2 is 1.83 bits per heavy atom. The second-order valence-electron chi connectivity index (χ2n) is 3.42. The number of hydrogen-bond donors (Lipinski definition) is 2. The fraction of sp³-hybridized carbons (Fsp3) is 0. The fourth-order valence-corrected chi connectivity index (χ4v) is 1.69. The van der Waals surface area contributed by atoms with E-state index in [0.29, 0.717) is 11.3 Å². The lowest BCUT2D eigenvalue weighted by molar-refractivity contribution is 0.102. The van der Waals surface area contributed by atoms with E-state index in [1.54, 1.807) is 24.3 Å². The normalized spacial score (nSPS) is 10.1. The molecule has 0 bridgehead atoms. The summed E-state index contributed by atoms with van der Waals surface area (Å²) in [7, 11) is 0. The van der Waals surface area contributed by atoms with Crippen molar-refractivity contribution in [2.24, 2.45) is 0 Å². The smallest absolute Gasteiger partial charge is 0.256 e. The standard InChI is InChI=1S/C11H8Cl2N4O/c12-8-5-9(17-11(13)15-8)16-10(18)6-1-3-7(14)4-2-6/h1-5H,14H2,(H,15,16,17,18). The van der Waals surface area contributed by atoms with Crippen molar-refractivity contribution >= 4 is 40.6 Å². The van der Waals surface area contributed by atoms with Crippen LogP contribution in [-0.2, 0) is 0 Å². The highest BCUT2D eigenvalue weighted by Gasteiger charge is 2.08. The molecular weight excluding hydrogens is 275 g/mol. The van der Waals surface area contributed by atoms with Crippen LogP contribution in [0.3, 0.4) is 0 Å². The lowest BCUT2D eigenvalue weighted by atomic mass is 10.2. The third-order valence-electron chi connectivity index (χ3n) is 2.08. The minimum atomic E-state index is -0.333. The molecule has 1 heterocycles. The molecule has 0 saturated heterocycles. The Morgan fingerprint density at radius 3 is 2.44 bits per heavy atom. The van der Waals surface area contributed by atoms with E-state index in [2.05, 4.69) is 15.3 Å². The molecule has 0 fully saturated rings. The first kappa shape index (κ1) is 12.6. The van der Waals surface area contributed by atoms with Crippen molar-refractivity contribution in [2.45, 2.75) is 0 Å². The van der Waals surface area contributed by atoms with Crippen molar-refractivity contribution in [3.8, 4) is 0 Å². The molecule has 1 aromatic carbocycles. The van der Waals surface area contributed by atoms with E-state index in [4.69, 9.17) is 28.9 Å². The van der Waals surface area contributed by atoms with Gasteiger partial charge in [0.2, 0.25) is 5.28 Å². The summed E-state index contributed by atoms with van der Waals surface area (Å²) < 4.78 is 0. The van der Waals surface area contributed by atoms with E-state index < -0.39 is 0 Å². The van der Waals surface area contributed by atoms with Gasteiger partial charge < -0.3 is 11.1 Å². The van der Waals surface area contributed by atoms with Crippen LogP contribution in [0.2, 0.25) is 10.4 Å². The van der Waals surface area contributed by atoms with Crippen LogP contribution in [0.1, 0.15) is 10.4 Å². The number of carbonyl (C=O) groups excluding carboxylic acids is 1. The van der Waals surface area contributed by atoms with Gasteiger partial charge in [-0.2, -0.15) is 0 Å². The third-order valence-corrected chi connectivity index (χ3v) is 2.44. The van der Waals surface area contributed by atoms with Crippen molar-refractivity contribution in [1.29, 1.82) is 0 Å². The Labute approximate surface area is 113 Å². The lowest BCUT2D eigenvalue weighted by Crippen LogP contribution is -2.13. The molecule has 7 heteroatoms. The van der Waals surface area contributed by atoms with E-state index in [1.165, 1.54) is 6.07 Å². The average Bonchev–Trinajstić information content (AvgIpc) is 2.28. The molecule has 3 N–H and O–H groups in total. The van der Waals surface area contributed by atoms with Gasteiger partial charge in [-0.05, 0) is 35.9 Å². The number of nitrogens with two attached hydrogens (primary N) is 1. The molecule has 1 amide bonds. The van der Waals surface area contributed by atoms with Crippen LogP contribution >= 0.6 is 23.2 Å². The van der Waals surface area contributed by atoms with Crippen LogP contribution in [0.15, 0.2) is 30.3 Å². The summed E-state index contributed by atoms with van der Waals surface area (Å²) >= 11 is 11.3. The molecule has 0 aliphatic carbocycles. The first-order valence-corrected chi connectivity index (χ1v) is 5.67. The van der Waals surface area contributed by atoms with Crippen molar-refractivity contribution < 1.29 is 4.79 Å². The van der Waals surface area contributed by atoms with Gasteiger partial charge in [0.15, 0.2) is 0 Å². The zero-order valence-electron chi connectivity index (χ0n) is 9.02. The summed E-state index contributed by atoms with van der Waals surface area (Å²) in [5, 5.41) is 2.68. The maximum atomic E-state index is 11.8. The largest absolute Gasteiger partial charge is 0.399 e. The predicted octanol–water partition coefficient (Wildman–Crippen LogP) is 2.62. The molecule has 92 valence electrons. The fourth-order valence-electron chi connectivity index (χ4n) is 1.28. The third kappa shape index (κ3) is 3.09. The van der Waals surface area contributed by atoms with Crippen molar-refractivity contribution in [1.82, 2.24) is 9.97 Å². The van der Waals surface area contributed by atoms with Gasteiger partial charge in [0.1, 0.15) is 11.0 Å². The number of anilines is 2. The molecule has 2 aromatic rings. The summed E-state index contributed by atoms with van der Waals surface area (Å²) in [5.41, 5.74) is 6.57. The van der Waals surface area contributed by atoms with Gasteiger partial charge >= 0.3 is 0 Å². The van der Waals surface area contributed by atoms with Crippen LogP contribution in [0.4, 0.5) is 11.5 Å². The zero-order chi connectivity index (χ0) is 13.1. The van der Waals surface area contributed by atoms with E-state index in [1.807, 2.05) is 0 Å². The van der Waals surface area contributed by atoms with Gasteiger partial charge in [-0.1, -0.05) is 11.6 Å². The van der Waals surface area contributed by atoms with Crippen LogP contribution < -0.4 is 11.1 Å². The van der Waals surface area contributed by atoms with Gasteiger partial charge in [-0.25, -0.2) is 9.97 Å². The number of aromatic nitrogens is 2. The zero-order valence-corrected chi connectivity index (χ0v) is 10.5. The molecule has 0 aliphatic rings. The SMILES string of the molecule is Nc1ccc(C(=O)Nc2cc(Cl)nc(Cl)n2)cc1. The summed E-state index contributed by atoms with van der Waals surface area (Å²) in [4.78, 5) is 19.4. The first-order chi connectivity index (χ1) is 8.54. The Morgan fingerprint density at radius 1 is 1.17 bits per heavy atom. The molecular formula is C11H8Cl2N4O. The van der Waals surface area contributed by atoms with Crippen LogP contribution in [0.5, 0.6) is 0 Å². The minimum absolute atomic E-state index is 0.0323. The second-order valence-corrected chi connectivity index (χ2v) is 4.15. The van der Waals surface area contributed by atoms with E-state index in [0.717, 1.165) is 0 Å². The van der Waals surface area contributed by atoms with E-state index >= 15 is 0 Å². The molecule has 0 spiro atoms. The van der Waals surface area contributed by atoms with Crippen molar-refractivity contribution in [2.75, 3.05) is 11.1 Å². The number of nitrogen functional groups attached to an aromatic ring is 1. The monoisotopic (exact) mass is 282 g/mol. The van der Waals surface area contributed by atoms with Gasteiger partial charge in [0.05, 0.1) is 0 Å². The van der Waals surface area contributed by atoms with Gasteiger partial charge in [0.25, 0.3) is 5.91 Å². The molecule has 0 aliphatic heterocycles. The minimum Gasteiger partial charge on any atom is -0.399 e. The first-order valence-electron chi connectivity index (χ1n) is 4.91. The van der Waals surface area contributed by atoms with Crippen LogP contribution in [0, 0.1) is 0 Å². The predicted molar refractivity (Wildman–Crippen MR) is 70.9 cm³/mol. The summed E-state index contributed by atoms with van der Waals surface area (Å²) in [5.74, 6) is -0.0948. The van der Waals surface area contributed by atoms with Gasteiger partial charge in [-0.15, -0.1) is 0 Å². The number of rotatable bonds is 2. The molecule has 5 nitrogen and oxygen atoms in total. The number of nitrogens with zero attached hydrogens (tertiary/aromatic N) is 2. The van der Waals surface area contributed by atoms with Gasteiger partial charge in [0, 0.05) is 17.3 Å². The Bertz CT molecular complexity index is 566. The molecule has 0 atom stereocenters. The van der Waals surface area contributed by atoms with Crippen LogP contribution in [0.25, 0.3) is 0 Å². The highest BCUT2D eigenvalue weighted by atomic mass is 35.5. The van der Waals surface area contributed by atoms with E-state index in [-0.39, 0.29) is 22.2 Å². The lowest BCUT2D eigenvalue weighted by Gasteiger charge is -2.05. The van der Waals surface area contributed by atoms with Gasteiger partial charge in [-0.3, -0.25) is 4.79 Å². The topological polar surface area (TPSA) is 80.9 Å². The number of halogens is 2. The Hall–Kier alpha value is -1.85. The van der Waals surface area contributed by atoms with E-state index in [9.17, 15) is 4.79 Å². The average molecular weight is 283 g/mol. The Kier molecular flexibility index (Phi) is 3.64. The van der Waals surface area contributed by atoms with Crippen molar-refractivity contribution in [3.05, 3.63) is 46.3 Å². The number of nitrogens with one attached hydrogen (secondary N) is 1. The molecule has 0 unspecified atom stereocenters. The highest BCUT2D eigenvalue weighted by Crippen LogP contribution is 2.15.